The van der Waals surface area contributed by atoms with E-state index in [2.05, 4.69) is 0 Å². The third-order valence-electron chi connectivity index (χ3n) is 1.87. The maximum absolute atomic E-state index is 12.3. The number of hydrogen-bond acceptors (Lipinski definition) is 5. The minimum absolute atomic E-state index is 0.269. The van der Waals surface area contributed by atoms with Crippen molar-refractivity contribution < 1.29 is 21.7 Å². The summed E-state index contributed by atoms with van der Waals surface area (Å²) in [5, 5.41) is 0. The van der Waals surface area contributed by atoms with E-state index in [1.165, 1.54) is 6.92 Å². The zero-order valence-electron chi connectivity index (χ0n) is 9.76. The highest BCUT2D eigenvalue weighted by Gasteiger charge is 2.37. The highest BCUT2D eigenvalue weighted by molar-refractivity contribution is 7.86. The van der Waals surface area contributed by atoms with Gasteiger partial charge in [-0.15, -0.1) is 0 Å². The van der Waals surface area contributed by atoms with Crippen LogP contribution in [0.1, 0.15) is 27.7 Å². The molecule has 0 aromatic rings. The fraction of sp³-hybridized carbons (Fsp3) is 1.00. The Hall–Kier alpha value is 0.100. The maximum Gasteiger partial charge on any atom is 0.265 e. The molecule has 0 N–H and O–H groups in total. The van der Waals surface area contributed by atoms with E-state index in [1.807, 2.05) is 0 Å². The van der Waals surface area contributed by atoms with E-state index in [9.17, 15) is 13.0 Å². The van der Waals surface area contributed by atoms with Crippen LogP contribution in [0.2, 0.25) is 0 Å². The molecule has 2 atom stereocenters. The Kier molecular flexibility index (Phi) is 5.47. The third-order valence-corrected chi connectivity index (χ3v) is 5.87. The summed E-state index contributed by atoms with van der Waals surface area (Å²) >= 11 is 0. The molecule has 0 radical (unpaired) electrons. The molecule has 0 aliphatic rings. The van der Waals surface area contributed by atoms with Crippen molar-refractivity contribution in [2.75, 3.05) is 12.9 Å². The summed E-state index contributed by atoms with van der Waals surface area (Å²) in [4.78, 5) is 0. The minimum Gasteiger partial charge on any atom is -0.327 e. The van der Waals surface area contributed by atoms with Crippen LogP contribution in [-0.2, 0) is 23.4 Å². The second kappa shape index (κ2) is 5.43. The average molecular weight is 258 g/mol. The molecule has 2 unspecified atom stereocenters. The van der Waals surface area contributed by atoms with E-state index < -0.39 is 23.3 Å². The van der Waals surface area contributed by atoms with E-state index in [0.29, 0.717) is 0 Å². The van der Waals surface area contributed by atoms with Gasteiger partial charge in [0, 0.05) is 5.66 Å². The molecule has 0 saturated heterocycles. The molecule has 0 aromatic carbocycles. The smallest absolute Gasteiger partial charge is 0.265 e. The number of hydrogen-bond donors (Lipinski definition) is 0. The first kappa shape index (κ1) is 15.1. The molecule has 0 saturated carbocycles. The van der Waals surface area contributed by atoms with Crippen molar-refractivity contribution in [2.45, 2.75) is 39.2 Å². The molecule has 15 heavy (non-hydrogen) atoms. The van der Waals surface area contributed by atoms with Crippen LogP contribution < -0.4 is 0 Å². The lowest BCUT2D eigenvalue weighted by molar-refractivity contribution is 0.244. The van der Waals surface area contributed by atoms with Gasteiger partial charge >= 0.3 is 0 Å². The average Bonchev–Trinajstić information content (AvgIpc) is 2.00. The Balaban J connectivity index is 4.87. The topological polar surface area (TPSA) is 69.7 Å². The molecule has 0 heterocycles. The molecule has 0 fully saturated rings. The molecule has 0 spiro atoms. The van der Waals surface area contributed by atoms with Crippen LogP contribution in [0.25, 0.3) is 0 Å². The predicted octanol–water partition coefficient (Wildman–Crippen LogP) is 2.03. The van der Waals surface area contributed by atoms with Crippen LogP contribution in [0.4, 0.5) is 0 Å². The molecule has 0 aliphatic heterocycles. The largest absolute Gasteiger partial charge is 0.327 e. The molecule has 7 heteroatoms. The Bertz CT molecular complexity index is 335. The van der Waals surface area contributed by atoms with Crippen LogP contribution in [0.5, 0.6) is 0 Å². The summed E-state index contributed by atoms with van der Waals surface area (Å²) in [5.41, 5.74) is -0.269. The molecule has 0 amide bonds. The zero-order chi connectivity index (χ0) is 12.3. The van der Waals surface area contributed by atoms with Crippen molar-refractivity contribution >= 4 is 17.5 Å². The van der Waals surface area contributed by atoms with Crippen LogP contribution in [-0.4, -0.2) is 32.8 Å². The summed E-state index contributed by atoms with van der Waals surface area (Å²) in [7, 11) is -6.69. The lowest BCUT2D eigenvalue weighted by Crippen LogP contribution is -2.20. The molecular formula is C8H19O5PS. The van der Waals surface area contributed by atoms with Gasteiger partial charge in [0.15, 0.2) is 5.85 Å². The van der Waals surface area contributed by atoms with Crippen molar-refractivity contribution in [1.82, 2.24) is 0 Å². The summed E-state index contributed by atoms with van der Waals surface area (Å²) in [6.07, 6.45) is 0.931. The number of rotatable bonds is 6. The fourth-order valence-electron chi connectivity index (χ4n) is 1.19. The summed E-state index contributed by atoms with van der Waals surface area (Å²) in [6, 6.07) is 0. The van der Waals surface area contributed by atoms with Gasteiger partial charge in [-0.1, -0.05) is 13.8 Å². The Morgan fingerprint density at radius 1 is 1.27 bits per heavy atom. The first-order valence-electron chi connectivity index (χ1n) is 4.75. The second-order valence-corrected chi connectivity index (χ2v) is 8.47. The van der Waals surface area contributed by atoms with E-state index >= 15 is 0 Å². The standard InChI is InChI=1S/C8H19O5PS/c1-6-12-14(9,7(2)3)8(4)13-15(5,10)11/h7-8H,6H2,1-5H3. The zero-order valence-corrected chi connectivity index (χ0v) is 11.5. The van der Waals surface area contributed by atoms with Gasteiger partial charge in [0.1, 0.15) is 0 Å². The Morgan fingerprint density at radius 2 is 1.73 bits per heavy atom. The van der Waals surface area contributed by atoms with E-state index in [-0.39, 0.29) is 12.3 Å². The van der Waals surface area contributed by atoms with Gasteiger partial charge in [0.25, 0.3) is 10.1 Å². The summed E-state index contributed by atoms with van der Waals surface area (Å²) in [6.45, 7) is 6.88. The van der Waals surface area contributed by atoms with Crippen LogP contribution in [0.3, 0.4) is 0 Å². The first-order valence-corrected chi connectivity index (χ1v) is 8.33. The molecule has 0 aliphatic carbocycles. The van der Waals surface area contributed by atoms with E-state index in [4.69, 9.17) is 8.71 Å². The maximum atomic E-state index is 12.3. The van der Waals surface area contributed by atoms with Gasteiger partial charge in [0.05, 0.1) is 12.9 Å². The second-order valence-electron chi connectivity index (χ2n) is 3.56. The predicted molar refractivity (Wildman–Crippen MR) is 59.8 cm³/mol. The third kappa shape index (κ3) is 4.64. The lowest BCUT2D eigenvalue weighted by atomic mass is 10.6. The quantitative estimate of drug-likeness (QED) is 0.538. The molecule has 0 rings (SSSR count). The van der Waals surface area contributed by atoms with Gasteiger partial charge in [-0.3, -0.25) is 8.75 Å². The molecular weight excluding hydrogens is 239 g/mol. The molecule has 92 valence electrons. The van der Waals surface area contributed by atoms with Crippen molar-refractivity contribution in [1.29, 1.82) is 0 Å². The van der Waals surface area contributed by atoms with Crippen LogP contribution >= 0.6 is 7.37 Å². The fourth-order valence-corrected chi connectivity index (χ4v) is 4.39. The Labute approximate surface area is 91.7 Å². The highest BCUT2D eigenvalue weighted by atomic mass is 32.2. The monoisotopic (exact) mass is 258 g/mol. The van der Waals surface area contributed by atoms with Crippen molar-refractivity contribution in [3.63, 3.8) is 0 Å². The lowest BCUT2D eigenvalue weighted by Gasteiger charge is -2.26. The molecule has 0 bridgehead atoms. The summed E-state index contributed by atoms with van der Waals surface area (Å²) in [5.74, 6) is -0.938. The SMILES string of the molecule is CCOP(=O)(C(C)C)C(C)OS(C)(=O)=O. The van der Waals surface area contributed by atoms with E-state index in [0.717, 1.165) is 6.26 Å². The van der Waals surface area contributed by atoms with E-state index in [1.54, 1.807) is 20.8 Å². The minimum atomic E-state index is -3.61. The van der Waals surface area contributed by atoms with Gasteiger partial charge in [0.2, 0.25) is 7.37 Å². The van der Waals surface area contributed by atoms with Crippen LogP contribution in [0, 0.1) is 0 Å². The molecule has 5 nitrogen and oxygen atoms in total. The Morgan fingerprint density at radius 3 is 2.00 bits per heavy atom. The normalized spacial score (nSPS) is 18.8. The molecule has 0 aromatic heterocycles. The highest BCUT2D eigenvalue weighted by Crippen LogP contribution is 2.56. The van der Waals surface area contributed by atoms with Crippen molar-refractivity contribution in [3.05, 3.63) is 0 Å². The van der Waals surface area contributed by atoms with Gasteiger partial charge in [-0.2, -0.15) is 8.42 Å². The van der Waals surface area contributed by atoms with Gasteiger partial charge < -0.3 is 4.52 Å². The van der Waals surface area contributed by atoms with Gasteiger partial charge in [-0.25, -0.2) is 0 Å². The van der Waals surface area contributed by atoms with Crippen LogP contribution in [0.15, 0.2) is 0 Å². The van der Waals surface area contributed by atoms with Crippen molar-refractivity contribution in [3.8, 4) is 0 Å². The first-order chi connectivity index (χ1) is 6.63. The summed E-state index contributed by atoms with van der Waals surface area (Å²) < 4.78 is 44.0. The van der Waals surface area contributed by atoms with Gasteiger partial charge in [-0.05, 0) is 13.8 Å². The van der Waals surface area contributed by atoms with Crippen molar-refractivity contribution in [2.24, 2.45) is 0 Å².